The molecule has 2 amide bonds. The predicted octanol–water partition coefficient (Wildman–Crippen LogP) is 0.832. The number of hydrogen-bond donors (Lipinski definition) is 2. The largest absolute Gasteiger partial charge is 0.375 e. The number of carbonyl (C=O) groups excluding carboxylic acids is 2. The van der Waals surface area contributed by atoms with Gasteiger partial charge in [0.2, 0.25) is 5.91 Å². The average molecular weight is 271 g/mol. The average Bonchev–Trinajstić information content (AvgIpc) is 2.35. The summed E-state index contributed by atoms with van der Waals surface area (Å²) in [6.07, 6.45) is 0. The van der Waals surface area contributed by atoms with Crippen molar-refractivity contribution in [1.29, 1.82) is 0 Å². The van der Waals surface area contributed by atoms with Gasteiger partial charge in [-0.25, -0.2) is 0 Å². The van der Waals surface area contributed by atoms with E-state index in [1.54, 1.807) is 24.3 Å². The van der Waals surface area contributed by atoms with E-state index in [0.717, 1.165) is 0 Å². The molecule has 0 saturated heterocycles. The third kappa shape index (κ3) is 4.73. The summed E-state index contributed by atoms with van der Waals surface area (Å²) >= 11 is 5.88. The second-order valence-corrected chi connectivity index (χ2v) is 3.93. The Labute approximate surface area is 110 Å². The highest BCUT2D eigenvalue weighted by molar-refractivity contribution is 6.33. The summed E-state index contributed by atoms with van der Waals surface area (Å²) in [5.41, 5.74) is 0.419. The fourth-order valence-corrected chi connectivity index (χ4v) is 1.52. The summed E-state index contributed by atoms with van der Waals surface area (Å²) in [6.45, 7) is 0.691. The molecular weight excluding hydrogens is 256 g/mol. The molecule has 0 bridgehead atoms. The Bertz CT molecular complexity index is 424. The van der Waals surface area contributed by atoms with Crippen LogP contribution in [0.3, 0.4) is 0 Å². The number of hydrogen-bond acceptors (Lipinski definition) is 3. The van der Waals surface area contributed by atoms with Gasteiger partial charge in [-0.05, 0) is 12.1 Å². The van der Waals surface area contributed by atoms with Gasteiger partial charge in [-0.1, -0.05) is 23.7 Å². The molecule has 0 aliphatic heterocycles. The molecule has 5 nitrogen and oxygen atoms in total. The van der Waals surface area contributed by atoms with Gasteiger partial charge < -0.3 is 15.4 Å². The topological polar surface area (TPSA) is 67.4 Å². The van der Waals surface area contributed by atoms with Crippen LogP contribution in [-0.2, 0) is 9.53 Å². The van der Waals surface area contributed by atoms with Crippen molar-refractivity contribution in [3.05, 3.63) is 34.9 Å². The molecule has 2 N–H and O–H groups in total. The van der Waals surface area contributed by atoms with E-state index in [0.29, 0.717) is 23.7 Å². The molecule has 0 aliphatic rings. The van der Waals surface area contributed by atoms with Crippen LogP contribution in [0.5, 0.6) is 0 Å². The molecule has 0 fully saturated rings. The van der Waals surface area contributed by atoms with Crippen molar-refractivity contribution < 1.29 is 14.3 Å². The summed E-state index contributed by atoms with van der Waals surface area (Å²) in [7, 11) is 1.44. The summed E-state index contributed by atoms with van der Waals surface area (Å²) < 4.78 is 4.65. The molecule has 98 valence electrons. The van der Waals surface area contributed by atoms with E-state index in [2.05, 4.69) is 15.4 Å². The molecule has 0 radical (unpaired) electrons. The van der Waals surface area contributed by atoms with Gasteiger partial charge in [-0.2, -0.15) is 0 Å². The van der Waals surface area contributed by atoms with E-state index in [9.17, 15) is 9.59 Å². The Morgan fingerprint density at radius 1 is 1.22 bits per heavy atom. The number of rotatable bonds is 6. The van der Waals surface area contributed by atoms with E-state index in [4.69, 9.17) is 11.6 Å². The lowest BCUT2D eigenvalue weighted by atomic mass is 10.2. The molecule has 0 aromatic heterocycles. The minimum absolute atomic E-state index is 0.0124. The van der Waals surface area contributed by atoms with Gasteiger partial charge in [0, 0.05) is 20.2 Å². The van der Waals surface area contributed by atoms with Crippen LogP contribution in [0.25, 0.3) is 0 Å². The van der Waals surface area contributed by atoms with Crippen molar-refractivity contribution in [3.8, 4) is 0 Å². The van der Waals surface area contributed by atoms with Crippen molar-refractivity contribution in [2.45, 2.75) is 0 Å². The first kappa shape index (κ1) is 14.5. The van der Waals surface area contributed by atoms with Crippen molar-refractivity contribution in [3.63, 3.8) is 0 Å². The Morgan fingerprint density at radius 3 is 2.56 bits per heavy atom. The fourth-order valence-electron chi connectivity index (χ4n) is 1.30. The quantitative estimate of drug-likeness (QED) is 0.753. The third-order valence-electron chi connectivity index (χ3n) is 2.13. The maximum absolute atomic E-state index is 11.7. The van der Waals surface area contributed by atoms with Crippen LogP contribution in [0.2, 0.25) is 5.02 Å². The summed E-state index contributed by atoms with van der Waals surface area (Å²) in [5.74, 6) is -0.480. The van der Waals surface area contributed by atoms with Crippen LogP contribution in [-0.4, -0.2) is 38.6 Å². The molecular formula is C12H15ClN2O3. The second kappa shape index (κ2) is 7.68. The SMILES string of the molecule is COCC(=O)NCCNC(=O)c1ccccc1Cl. The maximum atomic E-state index is 11.7. The lowest BCUT2D eigenvalue weighted by molar-refractivity contribution is -0.124. The molecule has 18 heavy (non-hydrogen) atoms. The Hall–Kier alpha value is -1.59. The van der Waals surface area contributed by atoms with E-state index < -0.39 is 0 Å². The molecule has 6 heteroatoms. The molecule has 0 heterocycles. The number of amides is 2. The van der Waals surface area contributed by atoms with Gasteiger partial charge >= 0.3 is 0 Å². The first-order valence-corrected chi connectivity index (χ1v) is 5.81. The minimum Gasteiger partial charge on any atom is -0.375 e. The number of methoxy groups -OCH3 is 1. The smallest absolute Gasteiger partial charge is 0.252 e. The van der Waals surface area contributed by atoms with E-state index in [1.165, 1.54) is 7.11 Å². The van der Waals surface area contributed by atoms with Crippen molar-refractivity contribution >= 4 is 23.4 Å². The van der Waals surface area contributed by atoms with Crippen LogP contribution >= 0.6 is 11.6 Å². The van der Waals surface area contributed by atoms with Gasteiger partial charge in [-0.15, -0.1) is 0 Å². The summed E-state index contributed by atoms with van der Waals surface area (Å²) in [5, 5.41) is 5.65. The molecule has 0 unspecified atom stereocenters. The number of benzene rings is 1. The molecule has 1 aromatic carbocycles. The first-order valence-electron chi connectivity index (χ1n) is 5.43. The molecule has 0 spiro atoms. The predicted molar refractivity (Wildman–Crippen MR) is 68.7 cm³/mol. The monoisotopic (exact) mass is 270 g/mol. The van der Waals surface area contributed by atoms with E-state index >= 15 is 0 Å². The van der Waals surface area contributed by atoms with E-state index in [1.807, 2.05) is 0 Å². The highest BCUT2D eigenvalue weighted by Gasteiger charge is 2.08. The second-order valence-electron chi connectivity index (χ2n) is 3.52. The van der Waals surface area contributed by atoms with Gasteiger partial charge in [0.1, 0.15) is 6.61 Å². The zero-order valence-corrected chi connectivity index (χ0v) is 10.8. The van der Waals surface area contributed by atoms with Crippen LogP contribution in [0, 0.1) is 0 Å². The number of nitrogens with one attached hydrogen (secondary N) is 2. The molecule has 0 atom stereocenters. The highest BCUT2D eigenvalue weighted by Crippen LogP contribution is 2.14. The standard InChI is InChI=1S/C12H15ClN2O3/c1-18-8-11(16)14-6-7-15-12(17)9-4-2-3-5-10(9)13/h2-5H,6-8H2,1H3,(H,14,16)(H,15,17). The fraction of sp³-hybridized carbons (Fsp3) is 0.333. The lowest BCUT2D eigenvalue weighted by Gasteiger charge is -2.07. The Kier molecular flexibility index (Phi) is 6.18. The number of ether oxygens (including phenoxy) is 1. The van der Waals surface area contributed by atoms with Gasteiger partial charge in [0.05, 0.1) is 10.6 Å². The Balaban J connectivity index is 2.30. The normalized spacial score (nSPS) is 9.89. The zero-order valence-electron chi connectivity index (χ0n) is 10.0. The van der Waals surface area contributed by atoms with Crippen LogP contribution in [0.4, 0.5) is 0 Å². The molecule has 1 aromatic rings. The Morgan fingerprint density at radius 2 is 1.89 bits per heavy atom. The summed E-state index contributed by atoms with van der Waals surface area (Å²) in [6, 6.07) is 6.78. The van der Waals surface area contributed by atoms with Crippen LogP contribution in [0.1, 0.15) is 10.4 Å². The van der Waals surface area contributed by atoms with Gasteiger partial charge in [0.15, 0.2) is 0 Å². The minimum atomic E-state index is -0.262. The van der Waals surface area contributed by atoms with Crippen LogP contribution in [0.15, 0.2) is 24.3 Å². The van der Waals surface area contributed by atoms with Crippen molar-refractivity contribution in [2.24, 2.45) is 0 Å². The highest BCUT2D eigenvalue weighted by atomic mass is 35.5. The van der Waals surface area contributed by atoms with Crippen molar-refractivity contribution in [2.75, 3.05) is 26.8 Å². The van der Waals surface area contributed by atoms with E-state index in [-0.39, 0.29) is 18.4 Å². The van der Waals surface area contributed by atoms with Crippen LogP contribution < -0.4 is 10.6 Å². The third-order valence-corrected chi connectivity index (χ3v) is 2.46. The van der Waals surface area contributed by atoms with Gasteiger partial charge in [-0.3, -0.25) is 9.59 Å². The van der Waals surface area contributed by atoms with Gasteiger partial charge in [0.25, 0.3) is 5.91 Å². The van der Waals surface area contributed by atoms with Crippen molar-refractivity contribution in [1.82, 2.24) is 10.6 Å². The number of carbonyl (C=O) groups is 2. The number of halogens is 1. The lowest BCUT2D eigenvalue weighted by Crippen LogP contribution is -2.36. The summed E-state index contributed by atoms with van der Waals surface area (Å²) in [4.78, 5) is 22.7. The molecule has 1 rings (SSSR count). The molecule has 0 aliphatic carbocycles. The zero-order chi connectivity index (χ0) is 13.4. The molecule has 0 saturated carbocycles. The first-order chi connectivity index (χ1) is 8.65. The maximum Gasteiger partial charge on any atom is 0.252 e.